The number of halogens is 2. The summed E-state index contributed by atoms with van der Waals surface area (Å²) < 4.78 is 12.1. The molecule has 0 aliphatic carbocycles. The van der Waals surface area contributed by atoms with Crippen molar-refractivity contribution in [2.24, 2.45) is 5.10 Å². The molecule has 9 heteroatoms. The third-order valence-corrected chi connectivity index (χ3v) is 4.91. The van der Waals surface area contributed by atoms with Crippen LogP contribution in [0.4, 0.5) is 0 Å². The normalized spacial score (nSPS) is 10.6. The average molecular weight is 496 g/mol. The first-order valence-corrected chi connectivity index (χ1v) is 9.33. The van der Waals surface area contributed by atoms with Gasteiger partial charge in [-0.15, -0.1) is 0 Å². The monoisotopic (exact) mass is 494 g/mol. The summed E-state index contributed by atoms with van der Waals surface area (Å²) in [4.78, 5) is 16.2. The van der Waals surface area contributed by atoms with Crippen LogP contribution in [-0.4, -0.2) is 30.8 Å². The fraction of sp³-hybridized carbons (Fsp3) is 0.222. The number of methoxy groups -OCH3 is 1. The number of hydrazone groups is 1. The van der Waals surface area contributed by atoms with Crippen LogP contribution in [0.15, 0.2) is 38.3 Å². The van der Waals surface area contributed by atoms with Gasteiger partial charge in [0.2, 0.25) is 5.88 Å². The van der Waals surface area contributed by atoms with Crippen molar-refractivity contribution < 1.29 is 14.3 Å². The van der Waals surface area contributed by atoms with Crippen molar-refractivity contribution in [3.05, 3.63) is 55.6 Å². The van der Waals surface area contributed by atoms with Crippen LogP contribution in [-0.2, 0) is 16.1 Å². The van der Waals surface area contributed by atoms with E-state index in [9.17, 15) is 10.1 Å². The van der Waals surface area contributed by atoms with E-state index in [1.807, 2.05) is 30.3 Å². The number of carbonyl (C=O) groups is 1. The molecule has 2 rings (SSSR count). The Morgan fingerprint density at radius 3 is 2.89 bits per heavy atom. The van der Waals surface area contributed by atoms with Crippen LogP contribution in [0.3, 0.4) is 0 Å². The largest absolute Gasteiger partial charge is 0.467 e. The molecule has 1 aromatic carbocycles. The molecule has 140 valence electrons. The summed E-state index contributed by atoms with van der Waals surface area (Å²) in [6.45, 7) is 1.65. The minimum absolute atomic E-state index is 0.0800. The Morgan fingerprint density at radius 2 is 2.22 bits per heavy atom. The van der Waals surface area contributed by atoms with Gasteiger partial charge in [-0.2, -0.15) is 10.4 Å². The molecule has 1 aromatic heterocycles. The van der Waals surface area contributed by atoms with Gasteiger partial charge in [-0.3, -0.25) is 4.79 Å². The number of rotatable bonds is 7. The number of carbonyl (C=O) groups excluding carboxylic acids is 1. The first kappa shape index (κ1) is 21.0. The number of amides is 1. The first-order valence-electron chi connectivity index (χ1n) is 7.74. The molecule has 0 saturated carbocycles. The van der Waals surface area contributed by atoms with E-state index in [2.05, 4.69) is 47.4 Å². The summed E-state index contributed by atoms with van der Waals surface area (Å²) in [5, 5.41) is 13.3. The zero-order chi connectivity index (χ0) is 19.8. The lowest BCUT2D eigenvalue weighted by atomic mass is 10.1. The van der Waals surface area contributed by atoms with Crippen LogP contribution in [0.1, 0.15) is 22.4 Å². The second-order valence-corrected chi connectivity index (χ2v) is 7.06. The van der Waals surface area contributed by atoms with Crippen molar-refractivity contribution in [2.75, 3.05) is 13.7 Å². The molecule has 0 fully saturated rings. The lowest BCUT2D eigenvalue weighted by Crippen LogP contribution is -2.25. The summed E-state index contributed by atoms with van der Waals surface area (Å²) in [7, 11) is 1.53. The fourth-order valence-electron chi connectivity index (χ4n) is 2.15. The summed E-state index contributed by atoms with van der Waals surface area (Å²) in [6.07, 6.45) is 1.52. The second kappa shape index (κ2) is 10.2. The minimum atomic E-state index is -0.471. The Bertz CT molecular complexity index is 910. The molecule has 0 bridgehead atoms. The van der Waals surface area contributed by atoms with Gasteiger partial charge in [0.1, 0.15) is 11.6 Å². The Morgan fingerprint density at radius 1 is 1.44 bits per heavy atom. The summed E-state index contributed by atoms with van der Waals surface area (Å²) in [5.74, 6) is -0.392. The number of pyridine rings is 1. The standard InChI is InChI=1S/C18H16Br2N4O3/c1-11-17(20)15(9-26-2)14(7-21)18(23-11)27-10-16(25)24-22-8-12-4-3-5-13(19)6-12/h3-6,8H,9-10H2,1-2H3,(H,24,25). The molecular weight excluding hydrogens is 480 g/mol. The number of hydrogen-bond donors (Lipinski definition) is 1. The highest BCUT2D eigenvalue weighted by molar-refractivity contribution is 9.10. The van der Waals surface area contributed by atoms with E-state index in [1.54, 1.807) is 6.92 Å². The Hall–Kier alpha value is -2.28. The maximum Gasteiger partial charge on any atom is 0.278 e. The molecule has 1 N–H and O–H groups in total. The molecule has 1 heterocycles. The van der Waals surface area contributed by atoms with Crippen molar-refractivity contribution in [1.29, 1.82) is 5.26 Å². The molecule has 0 spiro atoms. The van der Waals surface area contributed by atoms with Crippen LogP contribution in [0, 0.1) is 18.3 Å². The lowest BCUT2D eigenvalue weighted by molar-refractivity contribution is -0.123. The van der Waals surface area contributed by atoms with Gasteiger partial charge in [0, 0.05) is 21.6 Å². The number of nitrogens with zero attached hydrogens (tertiary/aromatic N) is 3. The number of benzene rings is 1. The van der Waals surface area contributed by atoms with Crippen molar-refractivity contribution in [2.45, 2.75) is 13.5 Å². The highest BCUT2D eigenvalue weighted by Crippen LogP contribution is 2.29. The molecule has 27 heavy (non-hydrogen) atoms. The molecule has 0 unspecified atom stereocenters. The number of ether oxygens (including phenoxy) is 2. The number of nitrogens with one attached hydrogen (secondary N) is 1. The van der Waals surface area contributed by atoms with E-state index in [4.69, 9.17) is 9.47 Å². The third kappa shape index (κ3) is 5.85. The van der Waals surface area contributed by atoms with Crippen LogP contribution < -0.4 is 10.2 Å². The van der Waals surface area contributed by atoms with E-state index in [1.165, 1.54) is 13.3 Å². The molecule has 0 aliphatic heterocycles. The van der Waals surface area contributed by atoms with E-state index < -0.39 is 5.91 Å². The Balaban J connectivity index is 2.03. The lowest BCUT2D eigenvalue weighted by Gasteiger charge is -2.13. The maximum absolute atomic E-state index is 11.9. The number of hydrogen-bond acceptors (Lipinski definition) is 6. The second-order valence-electron chi connectivity index (χ2n) is 5.35. The number of aryl methyl sites for hydroxylation is 1. The molecule has 2 aromatic rings. The van der Waals surface area contributed by atoms with E-state index in [-0.39, 0.29) is 24.7 Å². The highest BCUT2D eigenvalue weighted by Gasteiger charge is 2.18. The first-order chi connectivity index (χ1) is 13.0. The summed E-state index contributed by atoms with van der Waals surface area (Å²) in [6, 6.07) is 9.51. The van der Waals surface area contributed by atoms with Crippen molar-refractivity contribution in [1.82, 2.24) is 10.4 Å². The highest BCUT2D eigenvalue weighted by atomic mass is 79.9. The third-order valence-electron chi connectivity index (χ3n) is 3.36. The van der Waals surface area contributed by atoms with Crippen LogP contribution >= 0.6 is 31.9 Å². The molecular formula is C18H16Br2N4O3. The van der Waals surface area contributed by atoms with Crippen LogP contribution in [0.25, 0.3) is 0 Å². The Kier molecular flexibility index (Phi) is 7.91. The van der Waals surface area contributed by atoms with Gasteiger partial charge in [-0.25, -0.2) is 10.4 Å². The smallest absolute Gasteiger partial charge is 0.278 e. The van der Waals surface area contributed by atoms with Gasteiger partial charge in [0.15, 0.2) is 6.61 Å². The van der Waals surface area contributed by atoms with Gasteiger partial charge in [0.05, 0.1) is 18.5 Å². The zero-order valence-electron chi connectivity index (χ0n) is 14.6. The molecule has 0 saturated heterocycles. The fourth-order valence-corrected chi connectivity index (χ4v) is 2.96. The van der Waals surface area contributed by atoms with E-state index >= 15 is 0 Å². The SMILES string of the molecule is COCc1c(Br)c(C)nc(OCC(=O)NN=Cc2cccc(Br)c2)c1C#N. The molecule has 7 nitrogen and oxygen atoms in total. The van der Waals surface area contributed by atoms with Gasteiger partial charge >= 0.3 is 0 Å². The molecule has 0 aliphatic rings. The summed E-state index contributed by atoms with van der Waals surface area (Å²) in [5.41, 5.74) is 4.67. The topological polar surface area (TPSA) is 96.6 Å². The van der Waals surface area contributed by atoms with E-state index in [0.717, 1.165) is 10.0 Å². The van der Waals surface area contributed by atoms with Crippen molar-refractivity contribution in [3.8, 4) is 11.9 Å². The Labute approximate surface area is 173 Å². The maximum atomic E-state index is 11.9. The molecule has 0 radical (unpaired) electrons. The van der Waals surface area contributed by atoms with Crippen LogP contribution in [0.2, 0.25) is 0 Å². The molecule has 1 amide bonds. The predicted octanol–water partition coefficient (Wildman–Crippen LogP) is 3.46. The van der Waals surface area contributed by atoms with Gasteiger partial charge in [0.25, 0.3) is 5.91 Å². The van der Waals surface area contributed by atoms with Crippen molar-refractivity contribution >= 4 is 44.0 Å². The van der Waals surface area contributed by atoms with Crippen molar-refractivity contribution in [3.63, 3.8) is 0 Å². The number of nitriles is 1. The van der Waals surface area contributed by atoms with Crippen LogP contribution in [0.5, 0.6) is 5.88 Å². The summed E-state index contributed by atoms with van der Waals surface area (Å²) >= 11 is 6.76. The van der Waals surface area contributed by atoms with Gasteiger partial charge in [-0.05, 0) is 40.5 Å². The predicted molar refractivity (Wildman–Crippen MR) is 107 cm³/mol. The average Bonchev–Trinajstić information content (AvgIpc) is 2.64. The number of aromatic nitrogens is 1. The quantitative estimate of drug-likeness (QED) is 0.468. The van der Waals surface area contributed by atoms with E-state index in [0.29, 0.717) is 15.7 Å². The minimum Gasteiger partial charge on any atom is -0.467 e. The van der Waals surface area contributed by atoms with Gasteiger partial charge in [-0.1, -0.05) is 28.1 Å². The molecule has 0 atom stereocenters. The van der Waals surface area contributed by atoms with Gasteiger partial charge < -0.3 is 9.47 Å². The zero-order valence-corrected chi connectivity index (χ0v) is 17.8.